The first-order chi connectivity index (χ1) is 8.82. The van der Waals surface area contributed by atoms with Crippen LogP contribution in [0.1, 0.15) is 0 Å². The first-order valence-electron chi connectivity index (χ1n) is 5.26. The van der Waals surface area contributed by atoms with Gasteiger partial charge in [-0.15, -0.1) is 0 Å². The van der Waals surface area contributed by atoms with Crippen LogP contribution >= 0.6 is 10.7 Å². The fourth-order valence-corrected chi connectivity index (χ4v) is 2.84. The largest absolute Gasteiger partial charge is 0.358 e. The van der Waals surface area contributed by atoms with Crippen LogP contribution in [0.4, 0.5) is 4.39 Å². The third-order valence-corrected chi connectivity index (χ3v) is 4.01. The Morgan fingerprint density at radius 1 is 1.47 bits per heavy atom. The number of nitrogens with one attached hydrogen (secondary N) is 1. The number of nitrogens with zero attached hydrogens (tertiary/aromatic N) is 1. The summed E-state index contributed by atoms with van der Waals surface area (Å²) in [5, 5.41) is 2.57. The first-order valence-corrected chi connectivity index (χ1v) is 7.57. The fourth-order valence-electron chi connectivity index (χ4n) is 1.80. The molecule has 1 N–H and O–H groups in total. The zero-order valence-electron chi connectivity index (χ0n) is 9.85. The van der Waals surface area contributed by atoms with Crippen LogP contribution in [0, 0.1) is 5.82 Å². The van der Waals surface area contributed by atoms with Gasteiger partial charge in [0.25, 0.3) is 9.05 Å². The molecule has 1 aromatic heterocycles. The molecule has 19 heavy (non-hydrogen) atoms. The molecule has 1 heterocycles. The van der Waals surface area contributed by atoms with Crippen LogP contribution in [0.15, 0.2) is 29.3 Å². The van der Waals surface area contributed by atoms with E-state index in [2.05, 4.69) is 5.32 Å². The van der Waals surface area contributed by atoms with Gasteiger partial charge >= 0.3 is 0 Å². The van der Waals surface area contributed by atoms with E-state index in [0.29, 0.717) is 5.52 Å². The molecule has 1 aromatic carbocycles. The Kier molecular flexibility index (Phi) is 3.51. The summed E-state index contributed by atoms with van der Waals surface area (Å²) in [5.41, 5.74) is 0.421. The van der Waals surface area contributed by atoms with Crippen LogP contribution in [0.2, 0.25) is 0 Å². The van der Waals surface area contributed by atoms with E-state index in [-0.39, 0.29) is 22.7 Å². The van der Waals surface area contributed by atoms with Crippen LogP contribution in [-0.4, -0.2) is 25.9 Å². The normalized spacial score (nSPS) is 11.7. The fraction of sp³-hybridized carbons (Fsp3) is 0.182. The third kappa shape index (κ3) is 2.71. The number of carbonyl (C=O) groups is 1. The standard InChI is InChI=1S/C11H10ClFN2O3S/c1-14-11(16)6-15-5-10(19(12,17)18)8-4-7(13)2-3-9(8)15/h2-5H,6H2,1H3,(H,14,16). The molecule has 0 aliphatic heterocycles. The first kappa shape index (κ1) is 13.8. The molecule has 5 nitrogen and oxygen atoms in total. The monoisotopic (exact) mass is 304 g/mol. The molecule has 8 heteroatoms. The Balaban J connectivity index is 2.70. The smallest absolute Gasteiger partial charge is 0.263 e. The van der Waals surface area contributed by atoms with Crippen molar-refractivity contribution >= 4 is 36.5 Å². The highest BCUT2D eigenvalue weighted by atomic mass is 35.7. The summed E-state index contributed by atoms with van der Waals surface area (Å²) in [6, 6.07) is 3.66. The predicted molar refractivity (Wildman–Crippen MR) is 69.0 cm³/mol. The lowest BCUT2D eigenvalue weighted by Crippen LogP contribution is -2.23. The lowest BCUT2D eigenvalue weighted by molar-refractivity contribution is -0.121. The number of halogens is 2. The van der Waals surface area contributed by atoms with Gasteiger partial charge in [-0.05, 0) is 18.2 Å². The number of benzene rings is 1. The summed E-state index contributed by atoms with van der Waals surface area (Å²) >= 11 is 0. The summed E-state index contributed by atoms with van der Waals surface area (Å²) in [7, 11) is 2.76. The Morgan fingerprint density at radius 2 is 2.16 bits per heavy atom. The number of fused-ring (bicyclic) bond motifs is 1. The molecular formula is C11H10ClFN2O3S. The minimum atomic E-state index is -4.01. The maximum Gasteiger partial charge on any atom is 0.263 e. The SMILES string of the molecule is CNC(=O)Cn1cc(S(=O)(=O)Cl)c2cc(F)ccc21. The van der Waals surface area contributed by atoms with Gasteiger partial charge in [0.15, 0.2) is 0 Å². The molecule has 0 spiro atoms. The Labute approximate surface area is 113 Å². The number of likely N-dealkylation sites (N-methyl/N-ethyl adjacent to an activating group) is 1. The zero-order valence-corrected chi connectivity index (χ0v) is 11.4. The molecular weight excluding hydrogens is 295 g/mol. The van der Waals surface area contributed by atoms with Crippen molar-refractivity contribution in [2.24, 2.45) is 0 Å². The topological polar surface area (TPSA) is 68.2 Å². The summed E-state index contributed by atoms with van der Waals surface area (Å²) in [4.78, 5) is 11.1. The maximum absolute atomic E-state index is 13.2. The molecule has 102 valence electrons. The van der Waals surface area contributed by atoms with Gasteiger partial charge in [-0.25, -0.2) is 12.8 Å². The van der Waals surface area contributed by atoms with E-state index in [0.717, 1.165) is 6.07 Å². The minimum Gasteiger partial charge on any atom is -0.358 e. The minimum absolute atomic E-state index is 0.0783. The van der Waals surface area contributed by atoms with Crippen molar-refractivity contribution in [3.05, 3.63) is 30.2 Å². The van der Waals surface area contributed by atoms with Crippen LogP contribution in [0.25, 0.3) is 10.9 Å². The molecule has 2 rings (SSSR count). The molecule has 1 amide bonds. The Hall–Kier alpha value is -1.60. The lowest BCUT2D eigenvalue weighted by Gasteiger charge is -2.03. The van der Waals surface area contributed by atoms with E-state index in [1.165, 1.54) is 29.9 Å². The van der Waals surface area contributed by atoms with Crippen LogP contribution in [0.3, 0.4) is 0 Å². The van der Waals surface area contributed by atoms with Gasteiger partial charge in [0, 0.05) is 29.3 Å². The molecule has 0 saturated carbocycles. The molecule has 0 aliphatic rings. The summed E-state index contributed by atoms with van der Waals surface area (Å²) in [5.74, 6) is -0.883. The second kappa shape index (κ2) is 4.82. The molecule has 0 saturated heterocycles. The van der Waals surface area contributed by atoms with Gasteiger partial charge in [-0.2, -0.15) is 0 Å². The predicted octanol–water partition coefficient (Wildman–Crippen LogP) is 1.45. The summed E-state index contributed by atoms with van der Waals surface area (Å²) < 4.78 is 37.5. The molecule has 0 radical (unpaired) electrons. The van der Waals surface area contributed by atoms with E-state index in [4.69, 9.17) is 10.7 Å². The number of rotatable bonds is 3. The van der Waals surface area contributed by atoms with Crippen LogP contribution in [-0.2, 0) is 20.4 Å². The van der Waals surface area contributed by atoms with Gasteiger partial charge in [-0.1, -0.05) is 0 Å². The highest BCUT2D eigenvalue weighted by Gasteiger charge is 2.20. The molecule has 2 aromatic rings. The van der Waals surface area contributed by atoms with Gasteiger partial charge in [0.05, 0.1) is 5.52 Å². The van der Waals surface area contributed by atoms with E-state index in [1.807, 2.05) is 0 Å². The van der Waals surface area contributed by atoms with Gasteiger partial charge in [0.2, 0.25) is 5.91 Å². The summed E-state index contributed by atoms with van der Waals surface area (Å²) in [6.07, 6.45) is 1.22. The van der Waals surface area contributed by atoms with Crippen molar-refractivity contribution in [1.82, 2.24) is 9.88 Å². The van der Waals surface area contributed by atoms with Crippen molar-refractivity contribution in [2.75, 3.05) is 7.05 Å². The van der Waals surface area contributed by atoms with Crippen LogP contribution < -0.4 is 5.32 Å². The molecule has 0 aliphatic carbocycles. The van der Waals surface area contributed by atoms with Gasteiger partial charge in [0.1, 0.15) is 17.3 Å². The Bertz CT molecular complexity index is 755. The van der Waals surface area contributed by atoms with Crippen molar-refractivity contribution in [3.8, 4) is 0 Å². The number of hydrogen-bond acceptors (Lipinski definition) is 3. The van der Waals surface area contributed by atoms with E-state index < -0.39 is 14.9 Å². The average molecular weight is 305 g/mol. The van der Waals surface area contributed by atoms with Gasteiger partial charge < -0.3 is 9.88 Å². The number of hydrogen-bond donors (Lipinski definition) is 1. The number of aromatic nitrogens is 1. The highest BCUT2D eigenvalue weighted by Crippen LogP contribution is 2.28. The van der Waals surface area contributed by atoms with Crippen molar-refractivity contribution in [1.29, 1.82) is 0 Å². The molecule has 0 unspecified atom stereocenters. The maximum atomic E-state index is 13.2. The molecule has 0 fully saturated rings. The second-order valence-electron chi connectivity index (χ2n) is 3.89. The average Bonchev–Trinajstić information content (AvgIpc) is 2.67. The zero-order chi connectivity index (χ0) is 14.2. The molecule has 0 atom stereocenters. The van der Waals surface area contributed by atoms with E-state index in [9.17, 15) is 17.6 Å². The second-order valence-corrected chi connectivity index (χ2v) is 6.43. The third-order valence-electron chi connectivity index (χ3n) is 2.66. The van der Waals surface area contributed by atoms with Crippen molar-refractivity contribution < 1.29 is 17.6 Å². The van der Waals surface area contributed by atoms with Gasteiger partial charge in [-0.3, -0.25) is 4.79 Å². The van der Waals surface area contributed by atoms with Crippen LogP contribution in [0.5, 0.6) is 0 Å². The van der Waals surface area contributed by atoms with E-state index in [1.54, 1.807) is 0 Å². The number of carbonyl (C=O) groups excluding carboxylic acids is 1. The lowest BCUT2D eigenvalue weighted by atomic mass is 10.2. The summed E-state index contributed by atoms with van der Waals surface area (Å²) in [6.45, 7) is -0.0783. The number of amides is 1. The Morgan fingerprint density at radius 3 is 2.74 bits per heavy atom. The quantitative estimate of drug-likeness (QED) is 0.873. The molecule has 0 bridgehead atoms. The highest BCUT2D eigenvalue weighted by molar-refractivity contribution is 8.14. The van der Waals surface area contributed by atoms with Crippen molar-refractivity contribution in [3.63, 3.8) is 0 Å². The van der Waals surface area contributed by atoms with E-state index >= 15 is 0 Å². The van der Waals surface area contributed by atoms with Crippen molar-refractivity contribution in [2.45, 2.75) is 11.4 Å².